The number of carbonyl (C=O) groups excluding carboxylic acids is 1. The van der Waals surface area contributed by atoms with Crippen molar-refractivity contribution in [1.82, 2.24) is 0 Å². The van der Waals surface area contributed by atoms with Crippen molar-refractivity contribution >= 4 is 17.4 Å². The average molecular weight is 235 g/mol. The lowest BCUT2D eigenvalue weighted by molar-refractivity contribution is 0.259. The van der Waals surface area contributed by atoms with Crippen LogP contribution >= 0.6 is 0 Å². The Morgan fingerprint density at radius 3 is 2.18 bits per heavy atom. The minimum absolute atomic E-state index is 0.463. The fraction of sp³-hybridized carbons (Fsp3) is 0.462. The van der Waals surface area contributed by atoms with E-state index in [0.29, 0.717) is 17.6 Å². The molecule has 1 unspecified atom stereocenters. The summed E-state index contributed by atoms with van der Waals surface area (Å²) < 4.78 is 0. The second-order valence-electron chi connectivity index (χ2n) is 4.47. The number of hydrogen-bond donors (Lipinski definition) is 3. The number of benzene rings is 1. The number of nitrogens with two attached hydrogens (primary N) is 1. The number of primary amides is 1. The Bertz CT molecular complexity index is 359. The molecule has 0 spiro atoms. The lowest BCUT2D eigenvalue weighted by Crippen LogP contribution is -2.24. The number of anilines is 2. The summed E-state index contributed by atoms with van der Waals surface area (Å²) >= 11 is 0. The summed E-state index contributed by atoms with van der Waals surface area (Å²) in [6.07, 6.45) is 1.08. The van der Waals surface area contributed by atoms with E-state index in [1.54, 1.807) is 0 Å². The predicted molar refractivity (Wildman–Crippen MR) is 72.2 cm³/mol. The minimum Gasteiger partial charge on any atom is -0.382 e. The van der Waals surface area contributed by atoms with E-state index < -0.39 is 6.03 Å². The second kappa shape index (κ2) is 6.13. The molecule has 1 atom stereocenters. The van der Waals surface area contributed by atoms with E-state index in [0.717, 1.165) is 12.1 Å². The van der Waals surface area contributed by atoms with Crippen molar-refractivity contribution in [2.75, 3.05) is 10.6 Å². The third-order valence-electron chi connectivity index (χ3n) is 2.75. The van der Waals surface area contributed by atoms with E-state index in [-0.39, 0.29) is 0 Å². The summed E-state index contributed by atoms with van der Waals surface area (Å²) in [5.41, 5.74) is 6.80. The maximum absolute atomic E-state index is 10.7. The highest BCUT2D eigenvalue weighted by Crippen LogP contribution is 2.17. The van der Waals surface area contributed by atoms with E-state index >= 15 is 0 Å². The lowest BCUT2D eigenvalue weighted by atomic mass is 10.0. The number of nitrogens with one attached hydrogen (secondary N) is 2. The van der Waals surface area contributed by atoms with E-state index in [1.807, 2.05) is 24.3 Å². The van der Waals surface area contributed by atoms with Gasteiger partial charge in [0.05, 0.1) is 0 Å². The van der Waals surface area contributed by atoms with Crippen molar-refractivity contribution in [3.8, 4) is 0 Å². The molecule has 0 aliphatic heterocycles. The Balaban J connectivity index is 2.64. The third-order valence-corrected chi connectivity index (χ3v) is 2.75. The molecule has 17 heavy (non-hydrogen) atoms. The molecule has 1 rings (SSSR count). The first-order chi connectivity index (χ1) is 8.02. The van der Waals surface area contributed by atoms with Gasteiger partial charge in [0.1, 0.15) is 0 Å². The molecule has 0 bridgehead atoms. The maximum Gasteiger partial charge on any atom is 0.316 e. The molecule has 2 amide bonds. The second-order valence-corrected chi connectivity index (χ2v) is 4.47. The zero-order chi connectivity index (χ0) is 12.8. The fourth-order valence-corrected chi connectivity index (χ4v) is 1.75. The number of amides is 2. The van der Waals surface area contributed by atoms with E-state index in [2.05, 4.69) is 31.4 Å². The van der Waals surface area contributed by atoms with Crippen molar-refractivity contribution in [3.63, 3.8) is 0 Å². The Labute approximate surface area is 103 Å². The summed E-state index contributed by atoms with van der Waals surface area (Å²) in [4.78, 5) is 10.7. The van der Waals surface area contributed by atoms with Gasteiger partial charge < -0.3 is 16.4 Å². The molecule has 0 fully saturated rings. The van der Waals surface area contributed by atoms with Gasteiger partial charge in [-0.05, 0) is 36.6 Å². The number of hydrogen-bond acceptors (Lipinski definition) is 2. The maximum atomic E-state index is 10.7. The molecule has 1 aromatic carbocycles. The molecular formula is C13H21N3O. The summed E-state index contributed by atoms with van der Waals surface area (Å²) in [6.45, 7) is 6.56. The normalized spacial score (nSPS) is 12.2. The molecule has 0 heterocycles. The van der Waals surface area contributed by atoms with Crippen LogP contribution in [0.5, 0.6) is 0 Å². The molecule has 0 aliphatic rings. The molecule has 0 aromatic heterocycles. The molecule has 1 aromatic rings. The number of rotatable bonds is 5. The molecule has 4 heteroatoms. The van der Waals surface area contributed by atoms with E-state index in [4.69, 9.17) is 5.73 Å². The Morgan fingerprint density at radius 2 is 1.76 bits per heavy atom. The van der Waals surface area contributed by atoms with Crippen LogP contribution in [0.25, 0.3) is 0 Å². The van der Waals surface area contributed by atoms with Crippen molar-refractivity contribution in [1.29, 1.82) is 0 Å². The van der Waals surface area contributed by atoms with Crippen molar-refractivity contribution < 1.29 is 4.79 Å². The Kier molecular flexibility index (Phi) is 4.82. The van der Waals surface area contributed by atoms with Gasteiger partial charge in [-0.3, -0.25) is 0 Å². The van der Waals surface area contributed by atoms with Crippen LogP contribution in [0, 0.1) is 5.92 Å². The smallest absolute Gasteiger partial charge is 0.316 e. The first kappa shape index (κ1) is 13.4. The highest BCUT2D eigenvalue weighted by atomic mass is 16.2. The minimum atomic E-state index is -0.542. The van der Waals surface area contributed by atoms with Gasteiger partial charge >= 0.3 is 6.03 Å². The molecule has 94 valence electrons. The van der Waals surface area contributed by atoms with Crippen molar-refractivity contribution in [2.45, 2.75) is 33.2 Å². The van der Waals surface area contributed by atoms with Crippen LogP contribution in [0.4, 0.5) is 16.2 Å². The quantitative estimate of drug-likeness (QED) is 0.734. The van der Waals surface area contributed by atoms with Crippen molar-refractivity contribution in [2.24, 2.45) is 11.7 Å². The van der Waals surface area contributed by atoms with Gasteiger partial charge in [0.2, 0.25) is 0 Å². The monoisotopic (exact) mass is 235 g/mol. The third kappa shape index (κ3) is 4.34. The van der Waals surface area contributed by atoms with Crippen LogP contribution in [-0.2, 0) is 0 Å². The Morgan fingerprint density at radius 1 is 1.24 bits per heavy atom. The van der Waals surface area contributed by atoms with Crippen molar-refractivity contribution in [3.05, 3.63) is 24.3 Å². The SMILES string of the molecule is CCC(Nc1ccc(NC(N)=O)cc1)C(C)C. The topological polar surface area (TPSA) is 67.2 Å². The first-order valence-corrected chi connectivity index (χ1v) is 5.96. The number of carbonyl (C=O) groups is 1. The zero-order valence-electron chi connectivity index (χ0n) is 10.7. The summed E-state index contributed by atoms with van der Waals surface area (Å²) in [7, 11) is 0. The molecule has 4 nitrogen and oxygen atoms in total. The molecule has 0 saturated heterocycles. The Hall–Kier alpha value is -1.71. The molecule has 4 N–H and O–H groups in total. The van der Waals surface area contributed by atoms with Gasteiger partial charge in [-0.25, -0.2) is 4.79 Å². The van der Waals surface area contributed by atoms with Crippen LogP contribution in [0.3, 0.4) is 0 Å². The van der Waals surface area contributed by atoms with E-state index in [9.17, 15) is 4.79 Å². The van der Waals surface area contributed by atoms with Gasteiger partial charge in [-0.2, -0.15) is 0 Å². The molecule has 0 saturated carbocycles. The van der Waals surface area contributed by atoms with Crippen LogP contribution in [-0.4, -0.2) is 12.1 Å². The highest BCUT2D eigenvalue weighted by molar-refractivity contribution is 5.87. The summed E-state index contributed by atoms with van der Waals surface area (Å²) in [6, 6.07) is 7.47. The van der Waals surface area contributed by atoms with Gasteiger partial charge in [-0.1, -0.05) is 20.8 Å². The van der Waals surface area contributed by atoms with Crippen LogP contribution in [0.1, 0.15) is 27.2 Å². The van der Waals surface area contributed by atoms with Gasteiger partial charge in [-0.15, -0.1) is 0 Å². The zero-order valence-corrected chi connectivity index (χ0v) is 10.7. The van der Waals surface area contributed by atoms with Gasteiger partial charge in [0.25, 0.3) is 0 Å². The van der Waals surface area contributed by atoms with Crippen LogP contribution in [0.15, 0.2) is 24.3 Å². The molecule has 0 radical (unpaired) electrons. The van der Waals surface area contributed by atoms with Gasteiger partial charge in [0, 0.05) is 17.4 Å². The average Bonchev–Trinajstić information content (AvgIpc) is 2.26. The van der Waals surface area contributed by atoms with Gasteiger partial charge in [0.15, 0.2) is 0 Å². The molecule has 0 aliphatic carbocycles. The summed E-state index contributed by atoms with van der Waals surface area (Å²) in [5, 5.41) is 6.00. The van der Waals surface area contributed by atoms with Crippen LogP contribution < -0.4 is 16.4 Å². The largest absolute Gasteiger partial charge is 0.382 e. The first-order valence-electron chi connectivity index (χ1n) is 5.96. The standard InChI is InChI=1S/C13H21N3O/c1-4-12(9(2)3)15-10-5-7-11(8-6-10)16-13(14)17/h5-9,12,15H,4H2,1-3H3,(H3,14,16,17). The highest BCUT2D eigenvalue weighted by Gasteiger charge is 2.10. The predicted octanol–water partition coefficient (Wildman–Crippen LogP) is 3.02. The van der Waals surface area contributed by atoms with Crippen LogP contribution in [0.2, 0.25) is 0 Å². The summed E-state index contributed by atoms with van der Waals surface area (Å²) in [5.74, 6) is 0.587. The molecular weight excluding hydrogens is 214 g/mol. The van der Waals surface area contributed by atoms with E-state index in [1.165, 1.54) is 0 Å². The number of urea groups is 1. The fourth-order valence-electron chi connectivity index (χ4n) is 1.75. The lowest BCUT2D eigenvalue weighted by Gasteiger charge is -2.22.